The zero-order valence-electron chi connectivity index (χ0n) is 78.7. The Morgan fingerprint density at radius 1 is 0.348 bits per heavy atom. The van der Waals surface area contributed by atoms with Crippen LogP contribution in [0.1, 0.15) is 302 Å². The molecule has 15 heterocycles. The molecule has 16 N–H and O–H groups in total. The lowest BCUT2D eigenvalue weighted by atomic mass is 9.76. The van der Waals surface area contributed by atoms with Crippen LogP contribution < -0.4 is 70.2 Å². The molecule has 29 nitrogen and oxygen atoms in total. The molecular formula is C103H120Cl3N23O6. The van der Waals surface area contributed by atoms with E-state index in [2.05, 4.69) is 97.3 Å². The van der Waals surface area contributed by atoms with E-state index in [1.807, 2.05) is 148 Å². The lowest BCUT2D eigenvalue weighted by Crippen LogP contribution is -2.44. The number of halogens is 3. The number of aromatic nitrogens is 10. The van der Waals surface area contributed by atoms with Gasteiger partial charge in [-0.15, -0.1) is 0 Å². The first-order valence-corrected chi connectivity index (χ1v) is 48.1. The van der Waals surface area contributed by atoms with Gasteiger partial charge < -0.3 is 75.1 Å². The number of nitrogen functional groups attached to an aromatic ring is 4. The van der Waals surface area contributed by atoms with E-state index in [-0.39, 0.29) is 57.2 Å². The number of hydrogen-bond donors (Lipinski definition) is 12. The maximum absolute atomic E-state index is 13.3. The molecule has 5 saturated carbocycles. The van der Waals surface area contributed by atoms with E-state index in [9.17, 15) is 24.0 Å². The molecule has 11 aromatic rings. The van der Waals surface area contributed by atoms with Crippen LogP contribution in [0.15, 0.2) is 116 Å². The summed E-state index contributed by atoms with van der Waals surface area (Å²) in [5.41, 5.74) is 44.8. The standard InChI is InChI=1S/C21H23ClN2O2.C19H21ClN4O.3C19H23N5O.C6H7ClN2/c1-14-19-17(12-18(22)23-14)21(10-4-3-5-11-21)24(20(19)25)13-15-6-8-16(26-2)9-7-15;4*1-11-14(6-9-21-17(11)20)23-15-10-13-16(12(2)22-15)18(25)24-19(13)7-4-3-5-8-19;1-4-5(8)2-3-9-6(4)7/h6-9,12H,3-5,10-11,13H2,1-2H3;6,9-10H,3-5,7-8H2,1-2H3,(H,24,25)(H,21,22,23);3*6,9-10H,3-5,7-8H2,1-2H3,(H,24,25)(H3,20,21,22,23);2-3H,1H3,(H2,8,9). The third kappa shape index (κ3) is 19.2. The average Bonchev–Trinajstić information content (AvgIpc) is 1.64. The molecule has 21 rings (SSSR count). The fourth-order valence-corrected chi connectivity index (χ4v) is 22.1. The summed E-state index contributed by atoms with van der Waals surface area (Å²) in [6.07, 6.45) is 35.8. The van der Waals surface area contributed by atoms with Crippen LogP contribution in [-0.4, -0.2) is 91.4 Å². The molecule has 0 saturated heterocycles. The van der Waals surface area contributed by atoms with Gasteiger partial charge in [-0.05, 0) is 240 Å². The summed E-state index contributed by atoms with van der Waals surface area (Å²) in [6.45, 7) is 19.6. The topological polar surface area (TPSA) is 427 Å². The number of ether oxygens (including phenoxy) is 1. The van der Waals surface area contributed by atoms with E-state index in [4.69, 9.17) is 62.5 Å². The van der Waals surface area contributed by atoms with Crippen LogP contribution in [0, 0.1) is 69.2 Å². The zero-order chi connectivity index (χ0) is 95.6. The minimum atomic E-state index is -0.248. The smallest absolute Gasteiger partial charge is 0.257 e. The Bertz CT molecular complexity index is 5830. The third-order valence-electron chi connectivity index (χ3n) is 28.9. The molecule has 10 aromatic heterocycles. The summed E-state index contributed by atoms with van der Waals surface area (Å²) < 4.78 is 5.25. The number of carbonyl (C=O) groups excluding carboxylic acids is 5. The van der Waals surface area contributed by atoms with Crippen molar-refractivity contribution in [3.63, 3.8) is 0 Å². The van der Waals surface area contributed by atoms with Crippen LogP contribution in [0.5, 0.6) is 5.75 Å². The Hall–Kier alpha value is -12.9. The molecule has 0 atom stereocenters. The second-order valence-electron chi connectivity index (χ2n) is 37.4. The second kappa shape index (κ2) is 39.6. The van der Waals surface area contributed by atoms with Gasteiger partial charge in [-0.2, -0.15) is 0 Å². The average molecular weight is 1880 g/mol. The van der Waals surface area contributed by atoms with Crippen molar-refractivity contribution in [2.24, 2.45) is 0 Å². The van der Waals surface area contributed by atoms with Crippen LogP contribution in [0.3, 0.4) is 0 Å². The SMILES string of the molecule is COc1ccc(CN2C(=O)c3c(cc(Cl)nc3C)C23CCCCC3)cc1.Cc1c(N)ccnc1Cl.Cc1nc(Nc2ccnc(Cl)c2C)cc2c1C(=O)NC21CCCCC1.Cc1nc(Nc2ccnc(N)c2C)cc2c1C(=O)NC21CCCCC1.Cc1nc(Nc2ccnc(N)c2C)cc2c1C(=O)NC21CCCCC1.Cc1nc(Nc2ccnc(N)c2C)cc2c1C(=O)NC21CCCCC1. The Balaban J connectivity index is 0.000000120. The van der Waals surface area contributed by atoms with Crippen LogP contribution in [0.4, 0.5) is 69.2 Å². The van der Waals surface area contributed by atoms with Gasteiger partial charge in [0.05, 0.1) is 91.1 Å². The highest BCUT2D eigenvalue weighted by Crippen LogP contribution is 2.53. The highest BCUT2D eigenvalue weighted by Gasteiger charge is 2.53. The third-order valence-corrected chi connectivity index (χ3v) is 29.9. The molecule has 5 aliphatic carbocycles. The molecule has 5 amide bonds. The molecule has 0 unspecified atom stereocenters. The predicted octanol–water partition coefficient (Wildman–Crippen LogP) is 20.9. The van der Waals surface area contributed by atoms with Gasteiger partial charge in [-0.3, -0.25) is 24.0 Å². The molecular weight excluding hydrogens is 1760 g/mol. The van der Waals surface area contributed by atoms with E-state index in [0.717, 1.165) is 298 Å². The van der Waals surface area contributed by atoms with Crippen molar-refractivity contribution in [2.45, 2.75) is 264 Å². The molecule has 5 fully saturated rings. The minimum Gasteiger partial charge on any atom is -0.497 e. The van der Waals surface area contributed by atoms with Crippen molar-refractivity contribution in [3.8, 4) is 5.75 Å². The van der Waals surface area contributed by atoms with Crippen molar-refractivity contribution in [2.75, 3.05) is 51.3 Å². The first-order chi connectivity index (χ1) is 64.8. The Morgan fingerprint density at radius 3 is 0.963 bits per heavy atom. The molecule has 0 radical (unpaired) electrons. The summed E-state index contributed by atoms with van der Waals surface area (Å²) in [6, 6.07) is 27.2. The number of nitrogens with one attached hydrogen (secondary N) is 8. The van der Waals surface area contributed by atoms with Gasteiger partial charge in [0.15, 0.2) is 0 Å². The maximum atomic E-state index is 13.3. The Kier molecular flexibility index (Phi) is 28.0. The number of hydrogen-bond acceptors (Lipinski definition) is 24. The number of nitrogens with zero attached hydrogens (tertiary/aromatic N) is 11. The summed E-state index contributed by atoms with van der Waals surface area (Å²) in [5.74, 6) is 5.43. The second-order valence-corrected chi connectivity index (χ2v) is 38.5. The van der Waals surface area contributed by atoms with Crippen LogP contribution >= 0.6 is 34.8 Å². The van der Waals surface area contributed by atoms with E-state index < -0.39 is 0 Å². The number of benzene rings is 1. The van der Waals surface area contributed by atoms with Gasteiger partial charge >= 0.3 is 0 Å². The van der Waals surface area contributed by atoms with Gasteiger partial charge in [0.2, 0.25) is 0 Å². The highest BCUT2D eigenvalue weighted by atomic mass is 35.5. The van der Waals surface area contributed by atoms with E-state index in [0.29, 0.717) is 45.1 Å². The number of fused-ring (bicyclic) bond motifs is 10. The van der Waals surface area contributed by atoms with E-state index in [1.165, 1.54) is 32.1 Å². The largest absolute Gasteiger partial charge is 0.497 e. The number of aryl methyl sites for hydroxylation is 5. The van der Waals surface area contributed by atoms with E-state index >= 15 is 0 Å². The lowest BCUT2D eigenvalue weighted by molar-refractivity contribution is 0.0386. The molecule has 704 valence electrons. The van der Waals surface area contributed by atoms with Gasteiger partial charge in [-0.25, -0.2) is 49.8 Å². The van der Waals surface area contributed by atoms with E-state index in [1.54, 1.807) is 44.2 Å². The summed E-state index contributed by atoms with van der Waals surface area (Å²) in [5, 5.41) is 27.8. The summed E-state index contributed by atoms with van der Waals surface area (Å²) >= 11 is 18.0. The number of rotatable bonds is 11. The van der Waals surface area contributed by atoms with Crippen molar-refractivity contribution >= 4 is 134 Å². The lowest BCUT2D eigenvalue weighted by Gasteiger charge is -2.42. The highest BCUT2D eigenvalue weighted by molar-refractivity contribution is 6.31. The molecule has 5 spiro atoms. The Labute approximate surface area is 803 Å². The predicted molar refractivity (Wildman–Crippen MR) is 532 cm³/mol. The summed E-state index contributed by atoms with van der Waals surface area (Å²) in [7, 11) is 1.66. The zero-order valence-corrected chi connectivity index (χ0v) is 80.9. The van der Waals surface area contributed by atoms with Crippen molar-refractivity contribution in [1.29, 1.82) is 0 Å². The van der Waals surface area contributed by atoms with Crippen LogP contribution in [0.25, 0.3) is 0 Å². The minimum absolute atomic E-state index is 0.0107. The number of carbonyl (C=O) groups is 5. The summed E-state index contributed by atoms with van der Waals surface area (Å²) in [4.78, 5) is 108. The Morgan fingerprint density at radius 2 is 0.644 bits per heavy atom. The fourth-order valence-electron chi connectivity index (χ4n) is 21.5. The molecule has 0 bridgehead atoms. The van der Waals surface area contributed by atoms with Crippen LogP contribution in [0.2, 0.25) is 15.5 Å². The van der Waals surface area contributed by atoms with Gasteiger partial charge in [-0.1, -0.05) is 143 Å². The first-order valence-electron chi connectivity index (χ1n) is 47.0. The van der Waals surface area contributed by atoms with Crippen molar-refractivity contribution < 1.29 is 28.7 Å². The molecule has 1 aromatic carbocycles. The quantitative estimate of drug-likeness (QED) is 0.0535. The fraction of sp³-hybridized carbons (Fsp3) is 0.408. The normalized spacial score (nSPS) is 17.6. The van der Waals surface area contributed by atoms with Gasteiger partial charge in [0.25, 0.3) is 29.5 Å². The monoisotopic (exact) mass is 1880 g/mol. The van der Waals surface area contributed by atoms with Gasteiger partial charge in [0.1, 0.15) is 61.9 Å². The molecule has 135 heavy (non-hydrogen) atoms. The molecule has 10 aliphatic rings. The van der Waals surface area contributed by atoms with Gasteiger partial charge in [0, 0.05) is 93.8 Å². The van der Waals surface area contributed by atoms with Crippen molar-refractivity contribution in [3.05, 3.63) is 249 Å². The number of anilines is 12. The molecule has 32 heteroatoms. The van der Waals surface area contributed by atoms with Crippen molar-refractivity contribution in [1.82, 2.24) is 76.0 Å². The maximum Gasteiger partial charge on any atom is 0.257 e. The number of methoxy groups -OCH3 is 1. The number of amides is 5. The van der Waals surface area contributed by atoms with Crippen LogP contribution in [-0.2, 0) is 34.2 Å². The number of nitrogens with two attached hydrogens (primary N) is 4. The number of pyridine rings is 10. The molecule has 5 aliphatic heterocycles. The first kappa shape index (κ1) is 95.3.